The van der Waals surface area contributed by atoms with Gasteiger partial charge in [-0.15, -0.1) is 0 Å². The van der Waals surface area contributed by atoms with Crippen molar-refractivity contribution in [2.75, 3.05) is 41.3 Å². The van der Waals surface area contributed by atoms with Gasteiger partial charge in [0.25, 0.3) is 0 Å². The summed E-state index contributed by atoms with van der Waals surface area (Å²) >= 11 is 0. The molecule has 0 bridgehead atoms. The van der Waals surface area contributed by atoms with Gasteiger partial charge in [0.2, 0.25) is 5.91 Å². The number of nitrogens with zero attached hydrogens (tertiary/aromatic N) is 2. The minimum Gasteiger partial charge on any atom is -1.00 e. The summed E-state index contributed by atoms with van der Waals surface area (Å²) in [5.74, 6) is -0.104. The number of hydrogen-bond donors (Lipinski definition) is 2. The molecule has 0 spiro atoms. The second-order valence-electron chi connectivity index (χ2n) is 7.32. The van der Waals surface area contributed by atoms with Crippen LogP contribution in [-0.2, 0) is 17.9 Å². The summed E-state index contributed by atoms with van der Waals surface area (Å²) in [4.78, 5) is 14.6. The quantitative estimate of drug-likeness (QED) is 0.340. The average Bonchev–Trinajstić information content (AvgIpc) is 2.77. The number of likely N-dealkylation sites (N-methyl/N-ethyl adjacent to an activating group) is 1. The topological polar surface area (TPSA) is 45.0 Å². The molecule has 0 fully saturated rings. The van der Waals surface area contributed by atoms with Gasteiger partial charge in [-0.3, -0.25) is 4.79 Å². The summed E-state index contributed by atoms with van der Waals surface area (Å²) in [6.45, 7) is 3.29. The van der Waals surface area contributed by atoms with E-state index < -0.39 is 6.23 Å². The van der Waals surface area contributed by atoms with Crippen LogP contribution in [-0.4, -0.2) is 67.9 Å². The van der Waals surface area contributed by atoms with Gasteiger partial charge in [0.05, 0.1) is 41.3 Å². The van der Waals surface area contributed by atoms with Gasteiger partial charge in [-0.25, -0.2) is 0 Å². The average molecular weight is 446 g/mol. The molecule has 24 heavy (non-hydrogen) atoms. The molecule has 1 aliphatic rings. The molecule has 1 aromatic carbocycles. The zero-order valence-electron chi connectivity index (χ0n) is 15.0. The third kappa shape index (κ3) is 6.16. The van der Waals surface area contributed by atoms with Crippen molar-refractivity contribution in [3.05, 3.63) is 47.5 Å². The second kappa shape index (κ2) is 8.94. The Morgan fingerprint density at radius 3 is 2.25 bits per heavy atom. The minimum absolute atomic E-state index is 0. The molecule has 0 radical (unpaired) electrons. The summed E-state index contributed by atoms with van der Waals surface area (Å²) < 4.78 is 0.773. The molecule has 134 valence electrons. The molecule has 1 aromatic rings. The summed E-state index contributed by atoms with van der Waals surface area (Å²) in [5.41, 5.74) is 2.63. The lowest BCUT2D eigenvalue weighted by molar-refractivity contribution is -0.903. The van der Waals surface area contributed by atoms with Crippen LogP contribution in [0.2, 0.25) is 0 Å². The van der Waals surface area contributed by atoms with Crippen LogP contribution >= 0.6 is 0 Å². The van der Waals surface area contributed by atoms with Gasteiger partial charge < -0.3 is 43.4 Å². The lowest BCUT2D eigenvalue weighted by Crippen LogP contribution is -3.04. The van der Waals surface area contributed by atoms with Gasteiger partial charge in [0.15, 0.2) is 0 Å². The van der Waals surface area contributed by atoms with Crippen molar-refractivity contribution in [1.29, 1.82) is 0 Å². The first kappa shape index (κ1) is 21.1. The molecule has 1 unspecified atom stereocenters. The van der Waals surface area contributed by atoms with Crippen molar-refractivity contribution in [2.24, 2.45) is 0 Å². The molecule has 1 aliphatic heterocycles. The molecule has 0 saturated heterocycles. The monoisotopic (exact) mass is 446 g/mol. The van der Waals surface area contributed by atoms with E-state index in [1.54, 1.807) is 0 Å². The van der Waals surface area contributed by atoms with E-state index >= 15 is 0 Å². The number of aliphatic hydroxyl groups is 1. The molecule has 2 rings (SSSR count). The fraction of sp³-hybridized carbons (Fsp3) is 0.500. The molecule has 2 N–H and O–H groups in total. The van der Waals surface area contributed by atoms with Gasteiger partial charge in [0.1, 0.15) is 19.3 Å². The number of rotatable bonds is 7. The van der Waals surface area contributed by atoms with E-state index in [4.69, 9.17) is 0 Å². The molecule has 1 amide bonds. The predicted octanol–water partition coefficient (Wildman–Crippen LogP) is -3.37. The van der Waals surface area contributed by atoms with Crippen LogP contribution in [0.4, 0.5) is 0 Å². The molecular weight excluding hydrogens is 417 g/mol. The van der Waals surface area contributed by atoms with E-state index in [9.17, 15) is 9.90 Å². The first-order chi connectivity index (χ1) is 10.8. The number of benzene rings is 1. The first-order valence-electron chi connectivity index (χ1n) is 8.12. The maximum absolute atomic E-state index is 11.7. The fourth-order valence-electron chi connectivity index (χ4n) is 2.86. The van der Waals surface area contributed by atoms with Crippen LogP contribution in [0, 0.1) is 0 Å². The van der Waals surface area contributed by atoms with Gasteiger partial charge in [-0.05, 0) is 6.08 Å². The number of carbonyl (C=O) groups excluding carboxylic acids is 1. The third-order valence-corrected chi connectivity index (χ3v) is 4.15. The smallest absolute Gasteiger partial charge is 0.248 e. The largest absolute Gasteiger partial charge is 1.00 e. The van der Waals surface area contributed by atoms with Crippen LogP contribution in [0.5, 0.6) is 0 Å². The summed E-state index contributed by atoms with van der Waals surface area (Å²) in [6.07, 6.45) is 2.21. The minimum atomic E-state index is -0.768. The van der Waals surface area contributed by atoms with Crippen molar-refractivity contribution < 1.29 is 43.3 Å². The van der Waals surface area contributed by atoms with Crippen molar-refractivity contribution in [3.63, 3.8) is 0 Å². The van der Waals surface area contributed by atoms with Crippen molar-refractivity contribution in [3.8, 4) is 0 Å². The number of nitrogens with one attached hydrogen (secondary N) is 1. The Labute approximate surface area is 162 Å². The van der Waals surface area contributed by atoms with Crippen LogP contribution in [0.1, 0.15) is 11.1 Å². The Hall–Kier alpha value is -0.960. The zero-order valence-corrected chi connectivity index (χ0v) is 17.2. The normalized spacial score (nSPS) is 17.5. The Bertz CT molecular complexity index is 570. The van der Waals surface area contributed by atoms with E-state index in [1.165, 1.54) is 33.1 Å². The van der Waals surface area contributed by atoms with E-state index in [0.717, 1.165) is 24.1 Å². The second-order valence-corrected chi connectivity index (χ2v) is 7.32. The van der Waals surface area contributed by atoms with Crippen molar-refractivity contribution >= 4 is 5.91 Å². The van der Waals surface area contributed by atoms with Gasteiger partial charge >= 0.3 is 0 Å². The van der Waals surface area contributed by atoms with Crippen LogP contribution in [0.15, 0.2) is 36.4 Å². The SMILES string of the molecule is C[NH+](C)Cc1ccc(C[N+](C)(C)CCN2C(=O)C=CC2O)cc1.[I-]. The van der Waals surface area contributed by atoms with E-state index in [2.05, 4.69) is 52.5 Å². The molecule has 5 nitrogen and oxygen atoms in total. The Morgan fingerprint density at radius 2 is 1.75 bits per heavy atom. The van der Waals surface area contributed by atoms with Crippen molar-refractivity contribution in [1.82, 2.24) is 4.90 Å². The van der Waals surface area contributed by atoms with Crippen molar-refractivity contribution in [2.45, 2.75) is 19.3 Å². The zero-order chi connectivity index (χ0) is 17.0. The van der Waals surface area contributed by atoms with E-state index in [-0.39, 0.29) is 29.9 Å². The Balaban J connectivity index is 0.00000288. The van der Waals surface area contributed by atoms with E-state index in [1.807, 2.05) is 0 Å². The lowest BCUT2D eigenvalue weighted by Gasteiger charge is -2.32. The fourth-order valence-corrected chi connectivity index (χ4v) is 2.86. The number of aliphatic hydroxyl groups excluding tert-OH is 1. The number of hydrogen-bond acceptors (Lipinski definition) is 2. The first-order valence-corrected chi connectivity index (χ1v) is 8.12. The summed E-state index contributed by atoms with van der Waals surface area (Å²) in [6, 6.07) is 8.77. The lowest BCUT2D eigenvalue weighted by atomic mass is 10.1. The molecular formula is C18H29IN3O2+. The van der Waals surface area contributed by atoms with Crippen LogP contribution < -0.4 is 28.9 Å². The van der Waals surface area contributed by atoms with Gasteiger partial charge in [-0.1, -0.05) is 24.3 Å². The maximum atomic E-state index is 11.7. The maximum Gasteiger partial charge on any atom is 0.248 e. The highest BCUT2D eigenvalue weighted by Crippen LogP contribution is 2.13. The number of halogens is 1. The molecule has 6 heteroatoms. The standard InChI is InChI=1S/C18H28N3O2.HI/c1-19(2)13-15-5-7-16(8-6-15)14-21(3,4)12-11-20-17(22)9-10-18(20)23;/h5-10,17,22H,11-14H2,1-4H3;1H/q+1;. The van der Waals surface area contributed by atoms with Gasteiger partial charge in [-0.2, -0.15) is 0 Å². The van der Waals surface area contributed by atoms with Crippen LogP contribution in [0.25, 0.3) is 0 Å². The molecule has 1 atom stereocenters. The highest BCUT2D eigenvalue weighted by atomic mass is 127. The Kier molecular flexibility index (Phi) is 7.85. The highest BCUT2D eigenvalue weighted by Gasteiger charge is 2.26. The third-order valence-electron chi connectivity index (χ3n) is 4.15. The highest BCUT2D eigenvalue weighted by molar-refractivity contribution is 5.90. The molecule has 0 saturated carbocycles. The number of amides is 1. The number of quaternary nitrogens is 2. The Morgan fingerprint density at radius 1 is 1.17 bits per heavy atom. The van der Waals surface area contributed by atoms with E-state index in [0.29, 0.717) is 6.54 Å². The number of carbonyl (C=O) groups is 1. The predicted molar refractivity (Wildman–Crippen MR) is 90.5 cm³/mol. The molecule has 1 heterocycles. The summed E-state index contributed by atoms with van der Waals surface area (Å²) in [5, 5.41) is 9.76. The van der Waals surface area contributed by atoms with Crippen LogP contribution in [0.3, 0.4) is 0 Å². The molecule has 0 aromatic heterocycles. The summed E-state index contributed by atoms with van der Waals surface area (Å²) in [7, 11) is 8.60. The van der Waals surface area contributed by atoms with Gasteiger partial charge in [0, 0.05) is 17.2 Å². The molecule has 0 aliphatic carbocycles.